The van der Waals surface area contributed by atoms with Crippen molar-refractivity contribution in [1.82, 2.24) is 9.19 Å². The molecular formula is C7H10N2OS. The molecule has 0 radical (unpaired) electrons. The second kappa shape index (κ2) is 2.44. The number of rotatable bonds is 2. The number of aromatic nitrogens is 2. The van der Waals surface area contributed by atoms with Crippen LogP contribution in [0.1, 0.15) is 18.4 Å². The minimum Gasteiger partial charge on any atom is -0.235 e. The minimum atomic E-state index is -0.898. The van der Waals surface area contributed by atoms with E-state index in [1.54, 1.807) is 10.3 Å². The molecular weight excluding hydrogens is 160 g/mol. The molecule has 0 saturated heterocycles. The van der Waals surface area contributed by atoms with Crippen molar-refractivity contribution in [1.29, 1.82) is 0 Å². The van der Waals surface area contributed by atoms with Gasteiger partial charge in [0.05, 0.1) is 11.4 Å². The largest absolute Gasteiger partial charge is 0.235 e. The van der Waals surface area contributed by atoms with E-state index < -0.39 is 11.0 Å². The lowest BCUT2D eigenvalue weighted by atomic mass is 10.4. The highest BCUT2D eigenvalue weighted by molar-refractivity contribution is 7.84. The lowest BCUT2D eigenvalue weighted by Gasteiger charge is -1.96. The van der Waals surface area contributed by atoms with Crippen LogP contribution >= 0.6 is 0 Å². The van der Waals surface area contributed by atoms with Crippen molar-refractivity contribution >= 4 is 11.0 Å². The van der Waals surface area contributed by atoms with Crippen molar-refractivity contribution in [2.45, 2.75) is 25.0 Å². The van der Waals surface area contributed by atoms with E-state index >= 15 is 0 Å². The maximum absolute atomic E-state index is 11.4. The average molecular weight is 170 g/mol. The maximum Gasteiger partial charge on any atom is 0.143 e. The highest BCUT2D eigenvalue weighted by Gasteiger charge is 2.29. The summed E-state index contributed by atoms with van der Waals surface area (Å²) in [6, 6.07) is 0. The van der Waals surface area contributed by atoms with E-state index in [9.17, 15) is 4.21 Å². The molecule has 1 aliphatic carbocycles. The molecule has 1 fully saturated rings. The van der Waals surface area contributed by atoms with Crippen LogP contribution in [0.25, 0.3) is 0 Å². The highest BCUT2D eigenvalue weighted by Crippen LogP contribution is 2.26. The second-order valence-corrected chi connectivity index (χ2v) is 4.49. The SMILES string of the molecule is Cc1cnn(S(=O)C2CC2)c1. The van der Waals surface area contributed by atoms with Crippen molar-refractivity contribution in [2.24, 2.45) is 0 Å². The molecule has 60 valence electrons. The van der Waals surface area contributed by atoms with Gasteiger partial charge < -0.3 is 0 Å². The van der Waals surface area contributed by atoms with Crippen LogP contribution in [-0.4, -0.2) is 18.6 Å². The Balaban J connectivity index is 2.21. The van der Waals surface area contributed by atoms with Crippen molar-refractivity contribution in [3.05, 3.63) is 18.0 Å². The van der Waals surface area contributed by atoms with Crippen LogP contribution in [0.4, 0.5) is 0 Å². The fourth-order valence-corrected chi connectivity index (χ4v) is 2.16. The molecule has 3 nitrogen and oxygen atoms in total. The van der Waals surface area contributed by atoms with E-state index in [4.69, 9.17) is 0 Å². The molecule has 11 heavy (non-hydrogen) atoms. The van der Waals surface area contributed by atoms with Gasteiger partial charge in [-0.15, -0.1) is 0 Å². The Bertz CT molecular complexity index is 290. The van der Waals surface area contributed by atoms with E-state index in [2.05, 4.69) is 5.10 Å². The number of hydrogen-bond donors (Lipinski definition) is 0. The third-order valence-corrected chi connectivity index (χ3v) is 3.29. The monoisotopic (exact) mass is 170 g/mol. The highest BCUT2D eigenvalue weighted by atomic mass is 32.2. The summed E-state index contributed by atoms with van der Waals surface area (Å²) in [7, 11) is -0.898. The molecule has 1 aromatic rings. The van der Waals surface area contributed by atoms with Gasteiger partial charge in [-0.3, -0.25) is 0 Å². The Morgan fingerprint density at radius 3 is 2.91 bits per heavy atom. The first-order chi connectivity index (χ1) is 5.27. The summed E-state index contributed by atoms with van der Waals surface area (Å²) in [4.78, 5) is 0. The van der Waals surface area contributed by atoms with Crippen LogP contribution in [-0.2, 0) is 11.0 Å². The van der Waals surface area contributed by atoms with E-state index in [0.29, 0.717) is 5.25 Å². The van der Waals surface area contributed by atoms with Gasteiger partial charge in [0.2, 0.25) is 0 Å². The number of nitrogens with zero attached hydrogens (tertiary/aromatic N) is 2. The van der Waals surface area contributed by atoms with Crippen molar-refractivity contribution in [2.75, 3.05) is 0 Å². The van der Waals surface area contributed by atoms with E-state index in [-0.39, 0.29) is 0 Å². The zero-order valence-electron chi connectivity index (χ0n) is 6.36. The minimum absolute atomic E-state index is 0.370. The summed E-state index contributed by atoms with van der Waals surface area (Å²) in [5, 5.41) is 4.36. The molecule has 1 saturated carbocycles. The van der Waals surface area contributed by atoms with Crippen LogP contribution in [0.3, 0.4) is 0 Å². The zero-order valence-corrected chi connectivity index (χ0v) is 7.17. The Labute approximate surface area is 68.0 Å². The fourth-order valence-electron chi connectivity index (χ4n) is 0.910. The normalized spacial score (nSPS) is 20.1. The third kappa shape index (κ3) is 1.35. The van der Waals surface area contributed by atoms with Gasteiger partial charge in [0.15, 0.2) is 0 Å². The first-order valence-corrected chi connectivity index (χ1v) is 4.87. The first kappa shape index (κ1) is 7.03. The second-order valence-electron chi connectivity index (χ2n) is 2.90. The van der Waals surface area contributed by atoms with E-state index in [1.807, 2.05) is 13.1 Å². The predicted molar refractivity (Wildman–Crippen MR) is 43.5 cm³/mol. The third-order valence-electron chi connectivity index (χ3n) is 1.68. The molecule has 1 aliphatic rings. The van der Waals surface area contributed by atoms with Crippen molar-refractivity contribution < 1.29 is 4.21 Å². The molecule has 0 aliphatic heterocycles. The molecule has 0 spiro atoms. The van der Waals surface area contributed by atoms with Gasteiger partial charge in [0.1, 0.15) is 11.0 Å². The quantitative estimate of drug-likeness (QED) is 0.660. The zero-order chi connectivity index (χ0) is 7.84. The van der Waals surface area contributed by atoms with E-state index in [1.165, 1.54) is 0 Å². The smallest absolute Gasteiger partial charge is 0.143 e. The van der Waals surface area contributed by atoms with Gasteiger partial charge in [0.25, 0.3) is 0 Å². The number of hydrogen-bond acceptors (Lipinski definition) is 2. The lowest BCUT2D eigenvalue weighted by Crippen LogP contribution is -2.08. The molecule has 0 amide bonds. The maximum atomic E-state index is 11.4. The summed E-state index contributed by atoms with van der Waals surface area (Å²) >= 11 is 0. The standard InChI is InChI=1S/C7H10N2OS/c1-6-4-8-9(5-6)11(10)7-2-3-7/h4-5,7H,2-3H2,1H3. The topological polar surface area (TPSA) is 34.9 Å². The van der Waals surface area contributed by atoms with Gasteiger partial charge in [-0.25, -0.2) is 4.21 Å². The van der Waals surface area contributed by atoms with E-state index in [0.717, 1.165) is 18.4 Å². The molecule has 1 atom stereocenters. The molecule has 1 unspecified atom stereocenters. The van der Waals surface area contributed by atoms with Gasteiger partial charge in [-0.1, -0.05) is 0 Å². The van der Waals surface area contributed by atoms with Crippen LogP contribution in [0.5, 0.6) is 0 Å². The predicted octanol–water partition coefficient (Wildman–Crippen LogP) is 0.866. The first-order valence-electron chi connectivity index (χ1n) is 3.70. The molecule has 0 bridgehead atoms. The van der Waals surface area contributed by atoms with Gasteiger partial charge in [0, 0.05) is 6.20 Å². The Morgan fingerprint density at radius 1 is 1.73 bits per heavy atom. The van der Waals surface area contributed by atoms with Gasteiger partial charge in [-0.2, -0.15) is 9.19 Å². The molecule has 0 aromatic carbocycles. The molecule has 1 heterocycles. The summed E-state index contributed by atoms with van der Waals surface area (Å²) in [5.74, 6) is 0. The average Bonchev–Trinajstić information content (AvgIpc) is 2.74. The molecule has 1 aromatic heterocycles. The Morgan fingerprint density at radius 2 is 2.45 bits per heavy atom. The molecule has 2 rings (SSSR count). The Hall–Kier alpha value is -0.640. The summed E-state index contributed by atoms with van der Waals surface area (Å²) in [6.07, 6.45) is 5.74. The summed E-state index contributed by atoms with van der Waals surface area (Å²) in [5.41, 5.74) is 1.07. The Kier molecular flexibility index (Phi) is 1.56. The lowest BCUT2D eigenvalue weighted by molar-refractivity contribution is 0.670. The van der Waals surface area contributed by atoms with Crippen LogP contribution < -0.4 is 0 Å². The van der Waals surface area contributed by atoms with Crippen LogP contribution in [0, 0.1) is 6.92 Å². The van der Waals surface area contributed by atoms with Crippen molar-refractivity contribution in [3.63, 3.8) is 0 Å². The fraction of sp³-hybridized carbons (Fsp3) is 0.571. The summed E-state index contributed by atoms with van der Waals surface area (Å²) < 4.78 is 13.0. The molecule has 0 N–H and O–H groups in total. The van der Waals surface area contributed by atoms with Crippen molar-refractivity contribution in [3.8, 4) is 0 Å². The van der Waals surface area contributed by atoms with Gasteiger partial charge >= 0.3 is 0 Å². The summed E-state index contributed by atoms with van der Waals surface area (Å²) in [6.45, 7) is 1.95. The van der Waals surface area contributed by atoms with Gasteiger partial charge in [-0.05, 0) is 25.3 Å². The van der Waals surface area contributed by atoms with Crippen LogP contribution in [0.15, 0.2) is 12.4 Å². The number of aryl methyl sites for hydroxylation is 1. The van der Waals surface area contributed by atoms with Crippen LogP contribution in [0.2, 0.25) is 0 Å². The molecule has 4 heteroatoms.